The van der Waals surface area contributed by atoms with E-state index >= 15 is 0 Å². The molecule has 1 fully saturated rings. The van der Waals surface area contributed by atoms with E-state index in [0.29, 0.717) is 6.42 Å². The number of fused-ring (bicyclic) bond motifs is 1. The van der Waals surface area contributed by atoms with Crippen molar-refractivity contribution in [1.82, 2.24) is 4.90 Å². The van der Waals surface area contributed by atoms with Crippen LogP contribution in [0.1, 0.15) is 16.8 Å². The molecule has 0 N–H and O–H groups in total. The highest BCUT2D eigenvalue weighted by atomic mass is 16.6. The number of piperazine rings is 1. The Kier molecular flexibility index (Phi) is 5.53. The maximum absolute atomic E-state index is 12.6. The molecule has 0 bridgehead atoms. The topological polar surface area (TPSA) is 66.7 Å². The molecular formula is C23H23N3O3. The van der Waals surface area contributed by atoms with Crippen LogP contribution in [-0.2, 0) is 0 Å². The first-order chi connectivity index (χ1) is 14.1. The lowest BCUT2D eigenvalue weighted by Crippen LogP contribution is -2.46. The summed E-state index contributed by atoms with van der Waals surface area (Å²) in [6, 6.07) is 20.7. The Hall–Kier alpha value is -3.25. The van der Waals surface area contributed by atoms with Crippen molar-refractivity contribution in [2.45, 2.75) is 6.42 Å². The number of benzene rings is 3. The summed E-state index contributed by atoms with van der Waals surface area (Å²) in [4.78, 5) is 27.5. The summed E-state index contributed by atoms with van der Waals surface area (Å²) in [6.45, 7) is 4.20. The molecule has 1 saturated heterocycles. The third kappa shape index (κ3) is 4.43. The van der Waals surface area contributed by atoms with E-state index in [1.165, 1.54) is 0 Å². The molecule has 6 heteroatoms. The van der Waals surface area contributed by atoms with Gasteiger partial charge in [0.15, 0.2) is 5.78 Å². The molecule has 0 spiro atoms. The number of carbonyl (C=O) groups is 1. The van der Waals surface area contributed by atoms with E-state index in [4.69, 9.17) is 0 Å². The predicted octanol–water partition coefficient (Wildman–Crippen LogP) is 4.14. The first-order valence-corrected chi connectivity index (χ1v) is 9.84. The van der Waals surface area contributed by atoms with Gasteiger partial charge in [-0.1, -0.05) is 36.4 Å². The first-order valence-electron chi connectivity index (χ1n) is 9.84. The number of nitro benzene ring substituents is 1. The molecule has 3 aromatic carbocycles. The minimum absolute atomic E-state index is 0.111. The van der Waals surface area contributed by atoms with E-state index in [9.17, 15) is 14.9 Å². The first kappa shape index (κ1) is 19.1. The Labute approximate surface area is 169 Å². The van der Waals surface area contributed by atoms with Crippen LogP contribution in [0.3, 0.4) is 0 Å². The third-order valence-corrected chi connectivity index (χ3v) is 5.52. The highest BCUT2D eigenvalue weighted by Crippen LogP contribution is 2.21. The lowest BCUT2D eigenvalue weighted by molar-refractivity contribution is -0.384. The smallest absolute Gasteiger partial charge is 0.269 e. The van der Waals surface area contributed by atoms with Crippen molar-refractivity contribution in [3.8, 4) is 0 Å². The minimum atomic E-state index is -0.381. The number of hydrogen-bond donors (Lipinski definition) is 0. The van der Waals surface area contributed by atoms with Gasteiger partial charge in [0.2, 0.25) is 0 Å². The second-order valence-corrected chi connectivity index (χ2v) is 7.34. The molecule has 3 aromatic rings. The van der Waals surface area contributed by atoms with Gasteiger partial charge in [0.05, 0.1) is 4.92 Å². The van der Waals surface area contributed by atoms with Crippen molar-refractivity contribution >= 4 is 27.9 Å². The van der Waals surface area contributed by atoms with Crippen LogP contribution in [0.5, 0.6) is 0 Å². The number of hydrogen-bond acceptors (Lipinski definition) is 5. The number of nitro groups is 1. The molecule has 29 heavy (non-hydrogen) atoms. The van der Waals surface area contributed by atoms with E-state index in [2.05, 4.69) is 9.80 Å². The molecule has 148 valence electrons. The summed E-state index contributed by atoms with van der Waals surface area (Å²) in [6.07, 6.45) is 0.510. The van der Waals surface area contributed by atoms with Crippen LogP contribution < -0.4 is 4.90 Å². The van der Waals surface area contributed by atoms with Gasteiger partial charge < -0.3 is 4.90 Å². The van der Waals surface area contributed by atoms with Gasteiger partial charge in [-0.2, -0.15) is 0 Å². The fourth-order valence-corrected chi connectivity index (χ4v) is 3.78. The molecule has 0 atom stereocenters. The summed E-state index contributed by atoms with van der Waals surface area (Å²) in [5, 5.41) is 13.0. The number of ketones is 1. The van der Waals surface area contributed by atoms with Crippen LogP contribution >= 0.6 is 0 Å². The maximum Gasteiger partial charge on any atom is 0.269 e. The van der Waals surface area contributed by atoms with Crippen molar-refractivity contribution in [2.75, 3.05) is 37.6 Å². The summed E-state index contributed by atoms with van der Waals surface area (Å²) in [5.41, 5.74) is 1.88. The minimum Gasteiger partial charge on any atom is -0.369 e. The Balaban J connectivity index is 1.29. The second kappa shape index (κ2) is 8.41. The largest absolute Gasteiger partial charge is 0.369 e. The fourth-order valence-electron chi connectivity index (χ4n) is 3.78. The molecular weight excluding hydrogens is 366 g/mol. The van der Waals surface area contributed by atoms with E-state index < -0.39 is 0 Å². The van der Waals surface area contributed by atoms with E-state index in [0.717, 1.165) is 54.7 Å². The highest BCUT2D eigenvalue weighted by molar-refractivity contribution is 6.00. The van der Waals surface area contributed by atoms with Crippen molar-refractivity contribution in [3.63, 3.8) is 0 Å². The zero-order chi connectivity index (χ0) is 20.2. The summed E-state index contributed by atoms with van der Waals surface area (Å²) in [5.74, 6) is 0.175. The van der Waals surface area contributed by atoms with Crippen LogP contribution in [0.15, 0.2) is 66.7 Å². The van der Waals surface area contributed by atoms with Gasteiger partial charge in [0.25, 0.3) is 5.69 Å². The maximum atomic E-state index is 12.6. The van der Waals surface area contributed by atoms with Crippen LogP contribution in [0.2, 0.25) is 0 Å². The molecule has 4 rings (SSSR count). The molecule has 0 aromatic heterocycles. The summed E-state index contributed by atoms with van der Waals surface area (Å²) >= 11 is 0. The quantitative estimate of drug-likeness (QED) is 0.360. The lowest BCUT2D eigenvalue weighted by Gasteiger charge is -2.36. The summed E-state index contributed by atoms with van der Waals surface area (Å²) in [7, 11) is 0. The van der Waals surface area contributed by atoms with E-state index in [1.54, 1.807) is 24.3 Å². The molecule has 0 aliphatic carbocycles. The molecule has 0 unspecified atom stereocenters. The number of Topliss-reactive ketones (excluding diaryl/α,β-unsaturated/α-hetero) is 1. The number of rotatable bonds is 6. The molecule has 0 saturated carbocycles. The predicted molar refractivity (Wildman–Crippen MR) is 115 cm³/mol. The number of carbonyl (C=O) groups excluding carboxylic acids is 1. The average Bonchev–Trinajstić information content (AvgIpc) is 2.77. The van der Waals surface area contributed by atoms with Gasteiger partial charge in [-0.05, 0) is 29.0 Å². The Morgan fingerprint density at radius 1 is 0.897 bits per heavy atom. The average molecular weight is 389 g/mol. The van der Waals surface area contributed by atoms with Gasteiger partial charge in [-0.25, -0.2) is 0 Å². The molecule has 0 amide bonds. The highest BCUT2D eigenvalue weighted by Gasteiger charge is 2.19. The van der Waals surface area contributed by atoms with Gasteiger partial charge >= 0.3 is 0 Å². The number of anilines is 1. The fraction of sp³-hybridized carbons (Fsp3) is 0.261. The Morgan fingerprint density at radius 2 is 1.59 bits per heavy atom. The second-order valence-electron chi connectivity index (χ2n) is 7.34. The molecule has 6 nitrogen and oxygen atoms in total. The molecule has 1 heterocycles. The van der Waals surface area contributed by atoms with Gasteiger partial charge in [0.1, 0.15) is 0 Å². The Bertz CT molecular complexity index is 1020. The molecule has 0 radical (unpaired) electrons. The van der Waals surface area contributed by atoms with Crippen molar-refractivity contribution in [2.24, 2.45) is 0 Å². The van der Waals surface area contributed by atoms with Crippen LogP contribution in [0.25, 0.3) is 10.8 Å². The van der Waals surface area contributed by atoms with Crippen LogP contribution in [0, 0.1) is 10.1 Å². The third-order valence-electron chi connectivity index (χ3n) is 5.52. The summed E-state index contributed by atoms with van der Waals surface area (Å²) < 4.78 is 0. The van der Waals surface area contributed by atoms with Gasteiger partial charge in [-0.15, -0.1) is 0 Å². The lowest BCUT2D eigenvalue weighted by atomic mass is 10.0. The zero-order valence-electron chi connectivity index (χ0n) is 16.2. The molecule has 1 aliphatic rings. The van der Waals surface area contributed by atoms with Crippen LogP contribution in [-0.4, -0.2) is 48.3 Å². The van der Waals surface area contributed by atoms with Crippen molar-refractivity contribution in [1.29, 1.82) is 0 Å². The monoisotopic (exact) mass is 389 g/mol. The standard InChI is InChI=1S/C23H23N3O3/c27-23(20-6-5-18-3-1-2-4-19(18)17-20)11-12-24-13-15-25(16-14-24)21-7-9-22(10-8-21)26(28)29/h1-10,17H,11-16H2. The van der Waals surface area contributed by atoms with Crippen LogP contribution in [0.4, 0.5) is 11.4 Å². The molecule has 1 aliphatic heterocycles. The zero-order valence-corrected chi connectivity index (χ0v) is 16.2. The SMILES string of the molecule is O=C(CCN1CCN(c2ccc([N+](=O)[O-])cc2)CC1)c1ccc2ccccc2c1. The number of non-ortho nitro benzene ring substituents is 1. The normalized spacial score (nSPS) is 14.8. The number of nitrogens with zero attached hydrogens (tertiary/aromatic N) is 3. The van der Waals surface area contributed by atoms with E-state index in [1.807, 2.05) is 42.5 Å². The van der Waals surface area contributed by atoms with Gasteiger partial charge in [-0.3, -0.25) is 19.8 Å². The van der Waals surface area contributed by atoms with Crippen molar-refractivity contribution in [3.05, 3.63) is 82.4 Å². The Morgan fingerprint density at radius 3 is 2.28 bits per heavy atom. The van der Waals surface area contributed by atoms with E-state index in [-0.39, 0.29) is 16.4 Å². The van der Waals surface area contributed by atoms with Gasteiger partial charge in [0, 0.05) is 62.5 Å². The van der Waals surface area contributed by atoms with Crippen molar-refractivity contribution < 1.29 is 9.72 Å².